The van der Waals surface area contributed by atoms with Crippen molar-refractivity contribution in [2.24, 2.45) is 0 Å². The molecule has 0 unspecified atom stereocenters. The minimum atomic E-state index is 0.536. The van der Waals surface area contributed by atoms with Crippen LogP contribution in [0.1, 0.15) is 25.7 Å². The van der Waals surface area contributed by atoms with Crippen molar-refractivity contribution < 1.29 is 0 Å². The summed E-state index contributed by atoms with van der Waals surface area (Å²) >= 11 is 12.0. The summed E-state index contributed by atoms with van der Waals surface area (Å²) in [6, 6.07) is 15.5. The molecule has 4 rings (SSSR count). The number of nitrogen functional groups attached to an aromatic ring is 2. The van der Waals surface area contributed by atoms with Crippen LogP contribution in [-0.4, -0.2) is 19.1 Å². The van der Waals surface area contributed by atoms with E-state index in [4.69, 9.17) is 34.7 Å². The maximum absolute atomic E-state index is 6.10. The molecule has 0 fully saturated rings. The van der Waals surface area contributed by atoms with Gasteiger partial charge in [0.1, 0.15) is 0 Å². The average molecular weight is 469 g/mol. The van der Waals surface area contributed by atoms with Crippen molar-refractivity contribution in [1.82, 2.24) is 19.1 Å². The van der Waals surface area contributed by atoms with Gasteiger partial charge in [0.2, 0.25) is 11.9 Å². The van der Waals surface area contributed by atoms with Crippen LogP contribution in [0.3, 0.4) is 0 Å². The third kappa shape index (κ3) is 5.09. The van der Waals surface area contributed by atoms with E-state index in [1.54, 1.807) is 0 Å². The summed E-state index contributed by atoms with van der Waals surface area (Å²) in [5, 5.41) is 1.43. The second-order valence-electron chi connectivity index (χ2n) is 7.73. The Balaban J connectivity index is 1.30. The van der Waals surface area contributed by atoms with Gasteiger partial charge in [0.25, 0.3) is 0 Å². The number of unbranched alkanes of at least 4 members (excludes halogenated alkanes) is 3. The van der Waals surface area contributed by atoms with Crippen LogP contribution in [0.25, 0.3) is 22.5 Å². The van der Waals surface area contributed by atoms with Crippen molar-refractivity contribution in [1.29, 1.82) is 0 Å². The monoisotopic (exact) mass is 468 g/mol. The number of imidazole rings is 2. The van der Waals surface area contributed by atoms with Crippen LogP contribution in [0.2, 0.25) is 10.0 Å². The van der Waals surface area contributed by atoms with Gasteiger partial charge in [-0.25, -0.2) is 9.97 Å². The molecule has 32 heavy (non-hydrogen) atoms. The van der Waals surface area contributed by atoms with E-state index in [1.165, 1.54) is 0 Å². The first-order valence-electron chi connectivity index (χ1n) is 10.7. The van der Waals surface area contributed by atoms with Crippen LogP contribution in [-0.2, 0) is 13.1 Å². The number of nitrogens with two attached hydrogens (primary N) is 2. The van der Waals surface area contributed by atoms with E-state index < -0.39 is 0 Å². The molecule has 166 valence electrons. The van der Waals surface area contributed by atoms with Gasteiger partial charge in [0.15, 0.2) is 0 Å². The molecule has 0 aliphatic rings. The van der Waals surface area contributed by atoms with Crippen molar-refractivity contribution in [3.63, 3.8) is 0 Å². The first-order valence-corrected chi connectivity index (χ1v) is 11.4. The predicted octanol–water partition coefficient (Wildman–Crippen LogP) is 6.15. The lowest BCUT2D eigenvalue weighted by Crippen LogP contribution is -2.06. The molecule has 2 aromatic carbocycles. The van der Waals surface area contributed by atoms with Crippen molar-refractivity contribution >= 4 is 35.1 Å². The highest BCUT2D eigenvalue weighted by Crippen LogP contribution is 2.26. The number of hydrogen-bond donors (Lipinski definition) is 2. The van der Waals surface area contributed by atoms with Gasteiger partial charge in [-0.1, -0.05) is 60.3 Å². The zero-order valence-electron chi connectivity index (χ0n) is 17.7. The fraction of sp³-hybridized carbons (Fsp3) is 0.250. The van der Waals surface area contributed by atoms with Crippen molar-refractivity contribution in [2.75, 3.05) is 11.5 Å². The quantitative estimate of drug-likeness (QED) is 0.288. The van der Waals surface area contributed by atoms with Gasteiger partial charge in [-0.2, -0.15) is 0 Å². The van der Waals surface area contributed by atoms with E-state index >= 15 is 0 Å². The highest BCUT2D eigenvalue weighted by Gasteiger charge is 2.11. The Morgan fingerprint density at radius 1 is 0.594 bits per heavy atom. The standard InChI is InChI=1S/C24H26Cl2N6/c25-19-9-5-17(6-10-19)21-15-29-23(27)31(21)13-3-1-2-4-14-32-22(16-30-24(32)28)18-7-11-20(26)12-8-18/h5-12,15-16H,1-4,13-14H2,(H2,27,29)(H2,28,30). The molecule has 6 nitrogen and oxygen atoms in total. The molecule has 4 N–H and O–H groups in total. The molecule has 0 radical (unpaired) electrons. The third-order valence-corrected chi connectivity index (χ3v) is 6.07. The van der Waals surface area contributed by atoms with E-state index in [-0.39, 0.29) is 0 Å². The van der Waals surface area contributed by atoms with Crippen molar-refractivity contribution in [3.8, 4) is 22.5 Å². The SMILES string of the molecule is Nc1ncc(-c2ccc(Cl)cc2)n1CCCCCCn1c(-c2ccc(Cl)cc2)cnc1N. The van der Waals surface area contributed by atoms with Crippen LogP contribution in [0.15, 0.2) is 60.9 Å². The van der Waals surface area contributed by atoms with Gasteiger partial charge in [0, 0.05) is 23.1 Å². The molecule has 0 amide bonds. The highest BCUT2D eigenvalue weighted by molar-refractivity contribution is 6.30. The summed E-state index contributed by atoms with van der Waals surface area (Å²) in [7, 11) is 0. The van der Waals surface area contributed by atoms with Gasteiger partial charge >= 0.3 is 0 Å². The Morgan fingerprint density at radius 3 is 1.34 bits per heavy atom. The number of rotatable bonds is 9. The second-order valence-corrected chi connectivity index (χ2v) is 8.61. The summed E-state index contributed by atoms with van der Waals surface area (Å²) in [5.74, 6) is 1.07. The summed E-state index contributed by atoms with van der Waals surface area (Å²) in [5.41, 5.74) is 16.4. The highest BCUT2D eigenvalue weighted by atomic mass is 35.5. The van der Waals surface area contributed by atoms with Gasteiger partial charge in [-0.05, 0) is 48.2 Å². The van der Waals surface area contributed by atoms with E-state index in [0.29, 0.717) is 21.9 Å². The minimum absolute atomic E-state index is 0.536. The van der Waals surface area contributed by atoms with Crippen molar-refractivity contribution in [3.05, 3.63) is 71.0 Å². The zero-order chi connectivity index (χ0) is 22.5. The van der Waals surface area contributed by atoms with Crippen LogP contribution in [0.4, 0.5) is 11.9 Å². The average Bonchev–Trinajstić information content (AvgIpc) is 3.34. The Bertz CT molecular complexity index is 1070. The number of benzene rings is 2. The Hall–Kier alpha value is -2.96. The number of halogens is 2. The molecule has 0 atom stereocenters. The minimum Gasteiger partial charge on any atom is -0.369 e. The maximum Gasteiger partial charge on any atom is 0.200 e. The van der Waals surface area contributed by atoms with E-state index in [1.807, 2.05) is 60.9 Å². The molecular weight excluding hydrogens is 443 g/mol. The first-order chi connectivity index (χ1) is 15.5. The molecule has 8 heteroatoms. The summed E-state index contributed by atoms with van der Waals surface area (Å²) in [6.07, 6.45) is 7.84. The number of hydrogen-bond acceptors (Lipinski definition) is 4. The van der Waals surface area contributed by atoms with E-state index in [9.17, 15) is 0 Å². The molecule has 2 heterocycles. The number of aromatic nitrogens is 4. The Kier molecular flexibility index (Phi) is 7.02. The van der Waals surface area contributed by atoms with Crippen LogP contribution < -0.4 is 11.5 Å². The van der Waals surface area contributed by atoms with Gasteiger partial charge in [-0.15, -0.1) is 0 Å². The first kappa shape index (κ1) is 22.2. The Morgan fingerprint density at radius 2 is 0.969 bits per heavy atom. The number of nitrogens with zero attached hydrogens (tertiary/aromatic N) is 4. The lowest BCUT2D eigenvalue weighted by molar-refractivity contribution is 0.547. The van der Waals surface area contributed by atoms with Gasteiger partial charge in [-0.3, -0.25) is 0 Å². The number of anilines is 2. The smallest absolute Gasteiger partial charge is 0.200 e. The van der Waals surface area contributed by atoms with Crippen LogP contribution >= 0.6 is 23.2 Å². The fourth-order valence-electron chi connectivity index (χ4n) is 3.85. The molecule has 0 bridgehead atoms. The summed E-state index contributed by atoms with van der Waals surface area (Å²) in [4.78, 5) is 8.59. The third-order valence-electron chi connectivity index (χ3n) is 5.57. The van der Waals surface area contributed by atoms with E-state index in [0.717, 1.165) is 61.3 Å². The lowest BCUT2D eigenvalue weighted by Gasteiger charge is -2.12. The van der Waals surface area contributed by atoms with Crippen LogP contribution in [0, 0.1) is 0 Å². The molecule has 4 aromatic rings. The second kappa shape index (κ2) is 10.1. The molecular formula is C24H26Cl2N6. The van der Waals surface area contributed by atoms with Gasteiger partial charge < -0.3 is 20.6 Å². The normalized spacial score (nSPS) is 11.2. The molecule has 0 aliphatic carbocycles. The van der Waals surface area contributed by atoms with Crippen LogP contribution in [0.5, 0.6) is 0 Å². The Labute approximate surface area is 197 Å². The van der Waals surface area contributed by atoms with Crippen molar-refractivity contribution in [2.45, 2.75) is 38.8 Å². The zero-order valence-corrected chi connectivity index (χ0v) is 19.2. The topological polar surface area (TPSA) is 87.7 Å². The molecule has 0 saturated carbocycles. The maximum atomic E-state index is 6.10. The largest absolute Gasteiger partial charge is 0.369 e. The molecule has 0 aliphatic heterocycles. The predicted molar refractivity (Wildman–Crippen MR) is 133 cm³/mol. The molecule has 2 aromatic heterocycles. The fourth-order valence-corrected chi connectivity index (χ4v) is 4.10. The van der Waals surface area contributed by atoms with E-state index in [2.05, 4.69) is 19.1 Å². The summed E-state index contributed by atoms with van der Waals surface area (Å²) < 4.78 is 4.13. The molecule has 0 saturated heterocycles. The van der Waals surface area contributed by atoms with Gasteiger partial charge in [0.05, 0.1) is 23.8 Å². The summed E-state index contributed by atoms with van der Waals surface area (Å²) in [6.45, 7) is 1.65. The molecule has 0 spiro atoms. The lowest BCUT2D eigenvalue weighted by atomic mass is 10.1.